The van der Waals surface area contributed by atoms with Gasteiger partial charge in [-0.3, -0.25) is 9.59 Å². The van der Waals surface area contributed by atoms with Gasteiger partial charge in [0.1, 0.15) is 17.5 Å². The number of sulfonamides is 1. The van der Waals surface area contributed by atoms with Crippen molar-refractivity contribution in [2.24, 2.45) is 5.92 Å². The van der Waals surface area contributed by atoms with Gasteiger partial charge in [0, 0.05) is 31.7 Å². The first-order valence-corrected chi connectivity index (χ1v) is 12.5. The Bertz CT molecular complexity index is 1110. The van der Waals surface area contributed by atoms with Crippen LogP contribution in [0.3, 0.4) is 0 Å². The van der Waals surface area contributed by atoms with E-state index >= 15 is 0 Å². The van der Waals surface area contributed by atoms with Crippen LogP contribution in [0.15, 0.2) is 53.4 Å². The Labute approximate surface area is 200 Å². The van der Waals surface area contributed by atoms with E-state index in [1.54, 1.807) is 67.2 Å². The molecular formula is C24H31N3O6S. The number of nitrogens with one attached hydrogen (secondary N) is 1. The quantitative estimate of drug-likeness (QED) is 0.608. The van der Waals surface area contributed by atoms with Crippen molar-refractivity contribution >= 4 is 21.8 Å². The second kappa shape index (κ2) is 10.9. The molecule has 0 saturated carbocycles. The highest BCUT2D eigenvalue weighted by molar-refractivity contribution is 7.89. The predicted molar refractivity (Wildman–Crippen MR) is 127 cm³/mol. The lowest BCUT2D eigenvalue weighted by molar-refractivity contribution is -0.135. The lowest BCUT2D eigenvalue weighted by atomic mass is 10.0. The van der Waals surface area contributed by atoms with Crippen LogP contribution in [0.4, 0.5) is 0 Å². The van der Waals surface area contributed by atoms with Gasteiger partial charge in [-0.1, -0.05) is 19.9 Å². The maximum Gasteiger partial charge on any atom is 0.254 e. The molecule has 34 heavy (non-hydrogen) atoms. The summed E-state index contributed by atoms with van der Waals surface area (Å²) >= 11 is 0. The molecule has 9 nitrogen and oxygen atoms in total. The zero-order valence-electron chi connectivity index (χ0n) is 19.9. The van der Waals surface area contributed by atoms with E-state index in [1.807, 2.05) is 0 Å². The van der Waals surface area contributed by atoms with Gasteiger partial charge < -0.3 is 19.3 Å². The second-order valence-electron chi connectivity index (χ2n) is 8.37. The Hall–Kier alpha value is -3.11. The largest absolute Gasteiger partial charge is 0.497 e. The van der Waals surface area contributed by atoms with Gasteiger partial charge in [0.05, 0.1) is 19.1 Å². The summed E-state index contributed by atoms with van der Waals surface area (Å²) in [6.45, 7) is 4.95. The second-order valence-corrected chi connectivity index (χ2v) is 10.1. The highest BCUT2D eigenvalue weighted by atomic mass is 32.2. The number of rotatable bonds is 8. The van der Waals surface area contributed by atoms with Gasteiger partial charge in [0.2, 0.25) is 15.9 Å². The average Bonchev–Trinajstić information content (AvgIpc) is 2.86. The van der Waals surface area contributed by atoms with E-state index in [1.165, 1.54) is 19.2 Å². The molecule has 0 spiro atoms. The number of carbonyl (C=O) groups is 2. The summed E-state index contributed by atoms with van der Waals surface area (Å²) in [5, 5.41) is 0. The number of piperazine rings is 1. The van der Waals surface area contributed by atoms with Gasteiger partial charge in [-0.25, -0.2) is 8.42 Å². The number of benzene rings is 2. The molecular weight excluding hydrogens is 458 g/mol. The van der Waals surface area contributed by atoms with Crippen LogP contribution in [0.2, 0.25) is 0 Å². The molecule has 0 aliphatic carbocycles. The van der Waals surface area contributed by atoms with E-state index in [0.29, 0.717) is 43.2 Å². The van der Waals surface area contributed by atoms with E-state index in [0.717, 1.165) is 0 Å². The van der Waals surface area contributed by atoms with E-state index in [9.17, 15) is 18.0 Å². The first-order valence-electron chi connectivity index (χ1n) is 11.0. The molecule has 2 amide bonds. The molecule has 1 aliphatic heterocycles. The molecule has 1 fully saturated rings. The molecule has 0 bridgehead atoms. The fourth-order valence-corrected chi connectivity index (χ4v) is 5.06. The Morgan fingerprint density at radius 3 is 2.03 bits per heavy atom. The van der Waals surface area contributed by atoms with Gasteiger partial charge >= 0.3 is 0 Å². The summed E-state index contributed by atoms with van der Waals surface area (Å²) in [5.41, 5.74) is 0.520. The van der Waals surface area contributed by atoms with Crippen molar-refractivity contribution in [3.63, 3.8) is 0 Å². The minimum Gasteiger partial charge on any atom is -0.497 e. The monoisotopic (exact) mass is 489 g/mol. The molecule has 10 heteroatoms. The number of ether oxygens (including phenoxy) is 2. The third-order valence-corrected chi connectivity index (χ3v) is 7.24. The molecule has 1 saturated heterocycles. The standard InChI is InChI=1S/C24H31N3O6S/c1-17(2)22(25-34(30,31)21-10-8-19(32-3)9-11-21)24(29)27-14-12-26(13-15-27)23(28)18-6-5-7-20(16-18)33-4/h5-11,16-17,22,25H,12-15H2,1-4H3/t22-/m0/s1. The average molecular weight is 490 g/mol. The SMILES string of the molecule is COc1ccc(S(=O)(=O)N[C@H](C(=O)N2CCN(C(=O)c3cccc(OC)c3)CC2)C(C)C)cc1. The Kier molecular flexibility index (Phi) is 8.16. The summed E-state index contributed by atoms with van der Waals surface area (Å²) in [5.74, 6) is 0.435. The van der Waals surface area contributed by atoms with Gasteiger partial charge in [-0.2, -0.15) is 4.72 Å². The lowest BCUT2D eigenvalue weighted by Crippen LogP contribution is -2.57. The number of amides is 2. The van der Waals surface area contributed by atoms with Gasteiger partial charge in [-0.05, 0) is 48.4 Å². The van der Waals surface area contributed by atoms with Crippen molar-refractivity contribution < 1.29 is 27.5 Å². The topological polar surface area (TPSA) is 105 Å². The molecule has 2 aromatic carbocycles. The first kappa shape index (κ1) is 25.5. The summed E-state index contributed by atoms with van der Waals surface area (Å²) in [7, 11) is -0.867. The molecule has 2 aromatic rings. The summed E-state index contributed by atoms with van der Waals surface area (Å²) < 4.78 is 38.6. The van der Waals surface area contributed by atoms with E-state index in [-0.39, 0.29) is 22.6 Å². The summed E-state index contributed by atoms with van der Waals surface area (Å²) in [6, 6.07) is 12.0. The molecule has 1 atom stereocenters. The van der Waals surface area contributed by atoms with Crippen LogP contribution >= 0.6 is 0 Å². The van der Waals surface area contributed by atoms with Crippen LogP contribution in [0.5, 0.6) is 11.5 Å². The fourth-order valence-electron chi connectivity index (χ4n) is 3.73. The molecule has 184 valence electrons. The Morgan fingerprint density at radius 1 is 0.882 bits per heavy atom. The molecule has 0 radical (unpaired) electrons. The van der Waals surface area contributed by atoms with Crippen LogP contribution in [0.1, 0.15) is 24.2 Å². The first-order chi connectivity index (χ1) is 16.2. The number of hydrogen-bond acceptors (Lipinski definition) is 6. The Balaban J connectivity index is 1.65. The maximum atomic E-state index is 13.2. The minimum absolute atomic E-state index is 0.0560. The van der Waals surface area contributed by atoms with Crippen molar-refractivity contribution in [2.45, 2.75) is 24.8 Å². The van der Waals surface area contributed by atoms with Crippen LogP contribution in [0, 0.1) is 5.92 Å². The zero-order chi connectivity index (χ0) is 24.9. The van der Waals surface area contributed by atoms with Crippen molar-refractivity contribution in [1.82, 2.24) is 14.5 Å². The van der Waals surface area contributed by atoms with Crippen LogP contribution in [0.25, 0.3) is 0 Å². The normalized spacial score (nSPS) is 15.2. The number of hydrogen-bond donors (Lipinski definition) is 1. The number of nitrogens with zero attached hydrogens (tertiary/aromatic N) is 2. The summed E-state index contributed by atoms with van der Waals surface area (Å²) in [4.78, 5) is 29.4. The van der Waals surface area contributed by atoms with E-state index in [4.69, 9.17) is 9.47 Å². The number of carbonyl (C=O) groups excluding carboxylic acids is 2. The van der Waals surface area contributed by atoms with Crippen LogP contribution < -0.4 is 14.2 Å². The van der Waals surface area contributed by atoms with Crippen LogP contribution in [-0.4, -0.2) is 76.5 Å². The zero-order valence-corrected chi connectivity index (χ0v) is 20.7. The maximum absolute atomic E-state index is 13.2. The van der Waals surface area contributed by atoms with Crippen molar-refractivity contribution in [1.29, 1.82) is 0 Å². The third kappa shape index (κ3) is 5.87. The van der Waals surface area contributed by atoms with Crippen LogP contribution in [-0.2, 0) is 14.8 Å². The van der Waals surface area contributed by atoms with Crippen molar-refractivity contribution in [3.05, 3.63) is 54.1 Å². The van der Waals surface area contributed by atoms with E-state index < -0.39 is 16.1 Å². The molecule has 1 aliphatic rings. The predicted octanol–water partition coefficient (Wildman–Crippen LogP) is 1.99. The molecule has 1 heterocycles. The third-order valence-electron chi connectivity index (χ3n) is 5.78. The smallest absolute Gasteiger partial charge is 0.254 e. The lowest BCUT2D eigenvalue weighted by Gasteiger charge is -2.37. The minimum atomic E-state index is -3.91. The fraction of sp³-hybridized carbons (Fsp3) is 0.417. The van der Waals surface area contributed by atoms with Gasteiger partial charge in [0.15, 0.2) is 0 Å². The molecule has 0 aromatic heterocycles. The summed E-state index contributed by atoms with van der Waals surface area (Å²) in [6.07, 6.45) is 0. The highest BCUT2D eigenvalue weighted by Gasteiger charge is 2.34. The molecule has 0 unspecified atom stereocenters. The number of methoxy groups -OCH3 is 2. The Morgan fingerprint density at radius 2 is 1.47 bits per heavy atom. The van der Waals surface area contributed by atoms with Crippen molar-refractivity contribution in [2.75, 3.05) is 40.4 Å². The van der Waals surface area contributed by atoms with E-state index in [2.05, 4.69) is 4.72 Å². The van der Waals surface area contributed by atoms with Crippen molar-refractivity contribution in [3.8, 4) is 11.5 Å². The van der Waals surface area contributed by atoms with Gasteiger partial charge in [-0.15, -0.1) is 0 Å². The highest BCUT2D eigenvalue weighted by Crippen LogP contribution is 2.19. The molecule has 1 N–H and O–H groups in total. The molecule has 3 rings (SSSR count). The van der Waals surface area contributed by atoms with Gasteiger partial charge in [0.25, 0.3) is 5.91 Å².